The molecule has 8 heteroatoms. The van der Waals surface area contributed by atoms with Crippen LogP contribution in [0, 0.1) is 0 Å². The van der Waals surface area contributed by atoms with E-state index in [1.165, 1.54) is 4.40 Å². The Morgan fingerprint density at radius 3 is 2.62 bits per heavy atom. The predicted molar refractivity (Wildman–Crippen MR) is 97.5 cm³/mol. The molecule has 0 spiro atoms. The molecule has 0 saturated carbocycles. The summed E-state index contributed by atoms with van der Waals surface area (Å²) in [5.41, 5.74) is 1.49. The van der Waals surface area contributed by atoms with Gasteiger partial charge in [-0.25, -0.2) is 13.4 Å². The molecule has 3 heterocycles. The van der Waals surface area contributed by atoms with Gasteiger partial charge in [-0.2, -0.15) is 0 Å². The lowest BCUT2D eigenvalue weighted by atomic mass is 10.2. The third kappa shape index (κ3) is 3.45. The van der Waals surface area contributed by atoms with Gasteiger partial charge in [-0.1, -0.05) is 12.1 Å². The quantitative estimate of drug-likeness (QED) is 0.685. The number of amides is 1. The molecule has 0 saturated heterocycles. The van der Waals surface area contributed by atoms with E-state index >= 15 is 0 Å². The normalized spacial score (nSPS) is 11.8. The maximum atomic E-state index is 13.2. The van der Waals surface area contributed by atoms with E-state index in [0.717, 1.165) is 11.8 Å². The molecule has 0 N–H and O–H groups in total. The van der Waals surface area contributed by atoms with Crippen molar-refractivity contribution in [3.8, 4) is 0 Å². The van der Waals surface area contributed by atoms with Gasteiger partial charge in [0.2, 0.25) is 15.0 Å². The third-order valence-corrected chi connectivity index (χ3v) is 4.96. The van der Waals surface area contributed by atoms with Crippen LogP contribution in [0.2, 0.25) is 0 Å². The van der Waals surface area contributed by atoms with E-state index in [0.29, 0.717) is 12.1 Å². The fourth-order valence-corrected chi connectivity index (χ4v) is 3.52. The molecule has 0 atom stereocenters. The minimum absolute atomic E-state index is 0.0927. The molecule has 3 aromatic heterocycles. The van der Waals surface area contributed by atoms with Crippen LogP contribution in [0.1, 0.15) is 29.9 Å². The summed E-state index contributed by atoms with van der Waals surface area (Å²) in [7, 11) is -3.58. The van der Waals surface area contributed by atoms with Gasteiger partial charge in [-0.3, -0.25) is 14.2 Å². The van der Waals surface area contributed by atoms with E-state index in [1.807, 2.05) is 26.0 Å². The van der Waals surface area contributed by atoms with Gasteiger partial charge < -0.3 is 4.90 Å². The zero-order valence-electron chi connectivity index (χ0n) is 14.8. The monoisotopic (exact) mass is 372 g/mol. The number of aromatic nitrogens is 3. The Morgan fingerprint density at radius 1 is 1.23 bits per heavy atom. The fourth-order valence-electron chi connectivity index (χ4n) is 2.74. The minimum Gasteiger partial charge on any atom is -0.330 e. The fraction of sp³-hybridized carbons (Fsp3) is 0.278. The van der Waals surface area contributed by atoms with E-state index in [-0.39, 0.29) is 22.8 Å². The van der Waals surface area contributed by atoms with Crippen LogP contribution in [-0.4, -0.2) is 45.9 Å². The predicted octanol–water partition coefficient (Wildman–Crippen LogP) is 2.18. The van der Waals surface area contributed by atoms with Crippen molar-refractivity contribution in [2.24, 2.45) is 0 Å². The Labute approximate surface area is 152 Å². The molecule has 0 aromatic carbocycles. The number of sulfone groups is 1. The van der Waals surface area contributed by atoms with Gasteiger partial charge >= 0.3 is 0 Å². The summed E-state index contributed by atoms with van der Waals surface area (Å²) in [5.74, 6) is -0.317. The third-order valence-electron chi connectivity index (χ3n) is 4.01. The molecule has 0 unspecified atom stereocenters. The first kappa shape index (κ1) is 18.1. The second-order valence-electron chi connectivity index (χ2n) is 6.36. The van der Waals surface area contributed by atoms with Gasteiger partial charge in [0.25, 0.3) is 5.91 Å². The summed E-state index contributed by atoms with van der Waals surface area (Å²) in [6.45, 7) is 4.18. The smallest absolute Gasteiger partial charge is 0.275 e. The highest BCUT2D eigenvalue weighted by atomic mass is 32.2. The average Bonchev–Trinajstić information content (AvgIpc) is 3.00. The Morgan fingerprint density at radius 2 is 2.00 bits per heavy atom. The molecular formula is C18H20N4O3S. The van der Waals surface area contributed by atoms with E-state index < -0.39 is 9.84 Å². The molecule has 3 rings (SSSR count). The number of hydrogen-bond donors (Lipinski definition) is 0. The molecule has 136 valence electrons. The summed E-state index contributed by atoms with van der Waals surface area (Å²) in [6.07, 6.45) is 6.05. The highest BCUT2D eigenvalue weighted by Crippen LogP contribution is 2.20. The topological polar surface area (TPSA) is 84.6 Å². The first-order valence-corrected chi connectivity index (χ1v) is 10.0. The number of fused-ring (bicyclic) bond motifs is 1. The number of hydrogen-bond acceptors (Lipinski definition) is 5. The molecule has 0 radical (unpaired) electrons. The highest BCUT2D eigenvalue weighted by molar-refractivity contribution is 7.90. The number of pyridine rings is 2. The summed E-state index contributed by atoms with van der Waals surface area (Å²) in [4.78, 5) is 23.1. The van der Waals surface area contributed by atoms with E-state index in [2.05, 4.69) is 9.97 Å². The Balaban J connectivity index is 2.08. The van der Waals surface area contributed by atoms with Crippen molar-refractivity contribution in [2.75, 3.05) is 6.26 Å². The van der Waals surface area contributed by atoms with Crippen LogP contribution in [-0.2, 0) is 16.4 Å². The highest BCUT2D eigenvalue weighted by Gasteiger charge is 2.27. The van der Waals surface area contributed by atoms with Crippen LogP contribution in [0.15, 0.2) is 54.1 Å². The van der Waals surface area contributed by atoms with Crippen molar-refractivity contribution in [1.82, 2.24) is 19.3 Å². The number of imidazole rings is 1. The molecule has 3 aromatic rings. The standard InChI is InChI=1S/C18H20N4O3S/c1-13(2)22(12-14-7-6-9-19-11-14)17(23)16-15-8-4-5-10-21(15)18(20-16)26(3,24)25/h4-11,13H,12H2,1-3H3. The maximum absolute atomic E-state index is 13.2. The van der Waals surface area contributed by atoms with Crippen LogP contribution in [0.25, 0.3) is 5.52 Å². The van der Waals surface area contributed by atoms with Crippen molar-refractivity contribution < 1.29 is 13.2 Å². The Hall–Kier alpha value is -2.74. The van der Waals surface area contributed by atoms with Gasteiger partial charge in [0, 0.05) is 37.4 Å². The van der Waals surface area contributed by atoms with Crippen LogP contribution >= 0.6 is 0 Å². The summed E-state index contributed by atoms with van der Waals surface area (Å²) < 4.78 is 25.6. The van der Waals surface area contributed by atoms with E-state index in [4.69, 9.17) is 0 Å². The van der Waals surface area contributed by atoms with Crippen LogP contribution in [0.5, 0.6) is 0 Å². The summed E-state index contributed by atoms with van der Waals surface area (Å²) in [6, 6.07) is 8.76. The van der Waals surface area contributed by atoms with Gasteiger partial charge in [0.1, 0.15) is 0 Å². The molecule has 26 heavy (non-hydrogen) atoms. The van der Waals surface area contributed by atoms with Crippen molar-refractivity contribution in [2.45, 2.75) is 31.6 Å². The second-order valence-corrected chi connectivity index (χ2v) is 8.27. The molecule has 0 aliphatic carbocycles. The molecule has 0 fully saturated rings. The van der Waals surface area contributed by atoms with Gasteiger partial charge in [0.15, 0.2) is 5.69 Å². The minimum atomic E-state index is -3.58. The maximum Gasteiger partial charge on any atom is 0.275 e. The largest absolute Gasteiger partial charge is 0.330 e. The number of carbonyl (C=O) groups is 1. The van der Waals surface area contributed by atoms with Gasteiger partial charge in [0.05, 0.1) is 5.52 Å². The molecule has 0 bridgehead atoms. The van der Waals surface area contributed by atoms with Crippen molar-refractivity contribution in [3.63, 3.8) is 0 Å². The van der Waals surface area contributed by atoms with Crippen LogP contribution < -0.4 is 0 Å². The second kappa shape index (κ2) is 6.87. The van der Waals surface area contributed by atoms with E-state index in [1.54, 1.807) is 41.7 Å². The van der Waals surface area contributed by atoms with Crippen molar-refractivity contribution in [3.05, 3.63) is 60.2 Å². The van der Waals surface area contributed by atoms with Crippen LogP contribution in [0.3, 0.4) is 0 Å². The lowest BCUT2D eigenvalue weighted by molar-refractivity contribution is 0.0686. The van der Waals surface area contributed by atoms with Crippen molar-refractivity contribution in [1.29, 1.82) is 0 Å². The number of carbonyl (C=O) groups excluding carboxylic acids is 1. The zero-order valence-corrected chi connectivity index (χ0v) is 15.6. The summed E-state index contributed by atoms with van der Waals surface area (Å²) >= 11 is 0. The summed E-state index contributed by atoms with van der Waals surface area (Å²) in [5, 5.41) is -0.137. The molecule has 0 aliphatic rings. The van der Waals surface area contributed by atoms with Gasteiger partial charge in [-0.05, 0) is 37.6 Å². The molecular weight excluding hydrogens is 352 g/mol. The number of rotatable bonds is 5. The average molecular weight is 372 g/mol. The number of nitrogens with zero attached hydrogens (tertiary/aromatic N) is 4. The SMILES string of the molecule is CC(C)N(Cc1cccnc1)C(=O)c1nc(S(C)(=O)=O)n2ccccc12. The zero-order chi connectivity index (χ0) is 18.9. The molecule has 0 aliphatic heterocycles. The molecule has 1 amide bonds. The first-order valence-electron chi connectivity index (χ1n) is 8.16. The molecule has 7 nitrogen and oxygen atoms in total. The van der Waals surface area contributed by atoms with E-state index in [9.17, 15) is 13.2 Å². The Kier molecular flexibility index (Phi) is 4.78. The van der Waals surface area contributed by atoms with Gasteiger partial charge in [-0.15, -0.1) is 0 Å². The Bertz CT molecular complexity index is 1040. The lowest BCUT2D eigenvalue weighted by Gasteiger charge is -2.26. The van der Waals surface area contributed by atoms with Crippen molar-refractivity contribution >= 4 is 21.3 Å². The lowest BCUT2D eigenvalue weighted by Crippen LogP contribution is -2.36. The van der Waals surface area contributed by atoms with Crippen LogP contribution in [0.4, 0.5) is 0 Å². The first-order chi connectivity index (χ1) is 12.3.